The molecular weight excluding hydrogens is 314 g/mol. The van der Waals surface area contributed by atoms with Gasteiger partial charge in [-0.1, -0.05) is 24.4 Å². The fourth-order valence-electron chi connectivity index (χ4n) is 2.83. The van der Waals surface area contributed by atoms with Crippen LogP contribution in [0.3, 0.4) is 0 Å². The molecule has 0 aliphatic heterocycles. The van der Waals surface area contributed by atoms with Crippen molar-refractivity contribution in [3.05, 3.63) is 35.4 Å². The Hall–Kier alpha value is -1.76. The van der Waals surface area contributed by atoms with Crippen LogP contribution in [0, 0.1) is 0 Å². The summed E-state index contributed by atoms with van der Waals surface area (Å²) in [6.45, 7) is 0.219. The largest absolute Gasteiger partial charge is 0.455 e. The lowest BCUT2D eigenvalue weighted by molar-refractivity contribution is 0.0917. The van der Waals surface area contributed by atoms with Gasteiger partial charge < -0.3 is 14.3 Å². The monoisotopic (exact) mass is 335 g/mol. The maximum Gasteiger partial charge on any atom is 0.287 e. The van der Waals surface area contributed by atoms with E-state index in [1.807, 2.05) is 12.3 Å². The summed E-state index contributed by atoms with van der Waals surface area (Å²) in [6, 6.07) is 3.50. The van der Waals surface area contributed by atoms with E-state index in [-0.39, 0.29) is 12.5 Å². The van der Waals surface area contributed by atoms with Gasteiger partial charge in [-0.05, 0) is 31.2 Å². The van der Waals surface area contributed by atoms with Crippen LogP contribution in [0.15, 0.2) is 21.1 Å². The van der Waals surface area contributed by atoms with Crippen LogP contribution in [-0.4, -0.2) is 22.3 Å². The first-order valence-corrected chi connectivity index (χ1v) is 9.34. The van der Waals surface area contributed by atoms with Gasteiger partial charge in [-0.25, -0.2) is 0 Å². The molecule has 1 amide bonds. The third kappa shape index (κ3) is 4.16. The Morgan fingerprint density at radius 1 is 1.35 bits per heavy atom. The van der Waals surface area contributed by atoms with Crippen LogP contribution >= 0.6 is 11.8 Å². The van der Waals surface area contributed by atoms with E-state index in [0.29, 0.717) is 17.6 Å². The molecule has 0 bridgehead atoms. The smallest absolute Gasteiger partial charge is 0.287 e. The number of nitrogens with zero attached hydrogens (tertiary/aromatic N) is 2. The van der Waals surface area contributed by atoms with Crippen molar-refractivity contribution in [2.45, 2.75) is 50.3 Å². The molecule has 6 nitrogen and oxygen atoms in total. The van der Waals surface area contributed by atoms with Crippen LogP contribution in [0.1, 0.15) is 66.1 Å². The first-order valence-electron chi connectivity index (χ1n) is 7.94. The highest BCUT2D eigenvalue weighted by atomic mass is 32.2. The van der Waals surface area contributed by atoms with Gasteiger partial charge in [0.15, 0.2) is 11.6 Å². The molecular formula is C16H21N3O3S. The summed E-state index contributed by atoms with van der Waals surface area (Å²) in [4.78, 5) is 16.5. The van der Waals surface area contributed by atoms with Crippen molar-refractivity contribution in [1.29, 1.82) is 0 Å². The second kappa shape index (κ2) is 7.68. The normalized spacial score (nSPS) is 15.7. The highest BCUT2D eigenvalue weighted by Gasteiger charge is 2.21. The molecule has 23 heavy (non-hydrogen) atoms. The molecule has 7 heteroatoms. The SMILES string of the molecule is CSCc1ccc(C(=O)NCc2nc(C3CCCCC3)no2)o1. The number of aromatic nitrogens is 2. The second-order valence-corrected chi connectivity index (χ2v) is 6.63. The predicted octanol–water partition coefficient (Wildman–Crippen LogP) is 3.50. The predicted molar refractivity (Wildman–Crippen MR) is 87.2 cm³/mol. The number of thioether (sulfide) groups is 1. The molecule has 1 N–H and O–H groups in total. The molecule has 2 aromatic heterocycles. The van der Waals surface area contributed by atoms with Crippen molar-refractivity contribution >= 4 is 17.7 Å². The molecule has 0 aromatic carbocycles. The molecule has 0 unspecified atom stereocenters. The Morgan fingerprint density at radius 2 is 2.17 bits per heavy atom. The number of hydrogen-bond acceptors (Lipinski definition) is 6. The summed E-state index contributed by atoms with van der Waals surface area (Å²) in [7, 11) is 0. The van der Waals surface area contributed by atoms with Crippen LogP contribution in [-0.2, 0) is 12.3 Å². The van der Waals surface area contributed by atoms with E-state index in [4.69, 9.17) is 8.94 Å². The van der Waals surface area contributed by atoms with E-state index < -0.39 is 0 Å². The molecule has 2 aromatic rings. The number of furan rings is 1. The molecule has 1 fully saturated rings. The molecule has 0 radical (unpaired) electrons. The number of carbonyl (C=O) groups is 1. The lowest BCUT2D eigenvalue weighted by atomic mass is 9.89. The van der Waals surface area contributed by atoms with Crippen molar-refractivity contribution in [2.24, 2.45) is 0 Å². The third-order valence-corrected chi connectivity index (χ3v) is 4.60. The molecule has 2 heterocycles. The van der Waals surface area contributed by atoms with E-state index in [0.717, 1.165) is 30.2 Å². The lowest BCUT2D eigenvalue weighted by Crippen LogP contribution is -2.22. The Balaban J connectivity index is 1.53. The minimum atomic E-state index is -0.269. The van der Waals surface area contributed by atoms with Crippen molar-refractivity contribution in [2.75, 3.05) is 6.26 Å². The fraction of sp³-hybridized carbons (Fsp3) is 0.562. The summed E-state index contributed by atoms with van der Waals surface area (Å²) < 4.78 is 10.7. The lowest BCUT2D eigenvalue weighted by Gasteiger charge is -2.17. The first-order chi connectivity index (χ1) is 11.3. The van der Waals surface area contributed by atoms with Crippen molar-refractivity contribution in [1.82, 2.24) is 15.5 Å². The minimum Gasteiger partial charge on any atom is -0.455 e. The Labute approximate surface area is 139 Å². The number of rotatable bonds is 6. The Kier molecular flexibility index (Phi) is 5.38. The Morgan fingerprint density at radius 3 is 2.96 bits per heavy atom. The van der Waals surface area contributed by atoms with Gasteiger partial charge in [0.2, 0.25) is 5.89 Å². The van der Waals surface area contributed by atoms with E-state index in [9.17, 15) is 4.79 Å². The molecule has 1 aliphatic rings. The summed E-state index contributed by atoms with van der Waals surface area (Å²) in [5, 5.41) is 6.81. The van der Waals surface area contributed by atoms with Crippen LogP contribution in [0.4, 0.5) is 0 Å². The molecule has 1 saturated carbocycles. The summed E-state index contributed by atoms with van der Waals surface area (Å²) >= 11 is 1.65. The third-order valence-electron chi connectivity index (χ3n) is 4.03. The molecule has 0 atom stereocenters. The zero-order valence-electron chi connectivity index (χ0n) is 13.2. The number of amides is 1. The van der Waals surface area contributed by atoms with E-state index in [2.05, 4.69) is 15.5 Å². The second-order valence-electron chi connectivity index (χ2n) is 5.76. The van der Waals surface area contributed by atoms with Crippen LogP contribution < -0.4 is 5.32 Å². The van der Waals surface area contributed by atoms with Crippen LogP contribution in [0.5, 0.6) is 0 Å². The van der Waals surface area contributed by atoms with Crippen LogP contribution in [0.2, 0.25) is 0 Å². The number of nitrogens with one attached hydrogen (secondary N) is 1. The van der Waals surface area contributed by atoms with Gasteiger partial charge >= 0.3 is 0 Å². The van der Waals surface area contributed by atoms with Crippen molar-refractivity contribution < 1.29 is 13.7 Å². The minimum absolute atomic E-state index is 0.219. The Bertz CT molecular complexity index is 647. The van der Waals surface area contributed by atoms with E-state index >= 15 is 0 Å². The maximum absolute atomic E-state index is 12.0. The van der Waals surface area contributed by atoms with Crippen molar-refractivity contribution in [3.8, 4) is 0 Å². The average Bonchev–Trinajstić information content (AvgIpc) is 3.23. The first kappa shape index (κ1) is 16.1. The highest BCUT2D eigenvalue weighted by molar-refractivity contribution is 7.97. The fourth-order valence-corrected chi connectivity index (χ4v) is 3.27. The summed E-state index contributed by atoms with van der Waals surface area (Å²) in [5.41, 5.74) is 0. The van der Waals surface area contributed by atoms with Gasteiger partial charge in [-0.3, -0.25) is 4.79 Å². The van der Waals surface area contributed by atoms with Gasteiger partial charge in [0.25, 0.3) is 5.91 Å². The molecule has 124 valence electrons. The van der Waals surface area contributed by atoms with Gasteiger partial charge in [-0.15, -0.1) is 0 Å². The summed E-state index contributed by atoms with van der Waals surface area (Å²) in [6.07, 6.45) is 7.97. The topological polar surface area (TPSA) is 81.2 Å². The van der Waals surface area contributed by atoms with Gasteiger partial charge in [-0.2, -0.15) is 16.7 Å². The quantitative estimate of drug-likeness (QED) is 0.870. The zero-order chi connectivity index (χ0) is 16.1. The van der Waals surface area contributed by atoms with Gasteiger partial charge in [0.1, 0.15) is 5.76 Å². The van der Waals surface area contributed by atoms with Gasteiger partial charge in [0, 0.05) is 5.92 Å². The number of hydrogen-bond donors (Lipinski definition) is 1. The molecule has 3 rings (SSSR count). The highest BCUT2D eigenvalue weighted by Crippen LogP contribution is 2.30. The number of carbonyl (C=O) groups excluding carboxylic acids is 1. The molecule has 1 aliphatic carbocycles. The van der Waals surface area contributed by atoms with Crippen LogP contribution in [0.25, 0.3) is 0 Å². The van der Waals surface area contributed by atoms with Crippen molar-refractivity contribution in [3.63, 3.8) is 0 Å². The van der Waals surface area contributed by atoms with Gasteiger partial charge in [0.05, 0.1) is 12.3 Å². The van der Waals surface area contributed by atoms with E-state index in [1.165, 1.54) is 19.3 Å². The zero-order valence-corrected chi connectivity index (χ0v) is 14.0. The van der Waals surface area contributed by atoms with E-state index in [1.54, 1.807) is 17.8 Å². The molecule has 0 spiro atoms. The summed E-state index contributed by atoms with van der Waals surface area (Å²) in [5.74, 6) is 3.19. The standard InChI is InChI=1S/C16H21N3O3S/c1-23-10-12-7-8-13(21-12)16(20)17-9-14-18-15(19-22-14)11-5-3-2-4-6-11/h7-8,11H,2-6,9-10H2,1H3,(H,17,20). The average molecular weight is 335 g/mol. The maximum atomic E-state index is 12.0. The molecule has 0 saturated heterocycles.